The third-order valence-electron chi connectivity index (χ3n) is 3.28. The van der Waals surface area contributed by atoms with Gasteiger partial charge in [0.2, 0.25) is 0 Å². The number of halogens is 2. The molecule has 0 radical (unpaired) electrons. The molecular formula is C16H25ClIN. The summed E-state index contributed by atoms with van der Waals surface area (Å²) < 4.78 is 1.20. The van der Waals surface area contributed by atoms with E-state index in [9.17, 15) is 0 Å². The summed E-state index contributed by atoms with van der Waals surface area (Å²) in [5.74, 6) is 0. The molecule has 1 N–H and O–H groups in total. The van der Waals surface area contributed by atoms with Crippen LogP contribution in [0.1, 0.15) is 58.3 Å². The molecule has 3 heteroatoms. The minimum absolute atomic E-state index is 0.807. The molecule has 0 aliphatic heterocycles. The second-order valence-corrected chi connectivity index (χ2v) is 6.62. The van der Waals surface area contributed by atoms with E-state index in [4.69, 9.17) is 11.6 Å². The summed E-state index contributed by atoms with van der Waals surface area (Å²) in [6.45, 7) is 3.33. The van der Waals surface area contributed by atoms with Crippen LogP contribution < -0.4 is 5.32 Å². The first kappa shape index (κ1) is 17.1. The second kappa shape index (κ2) is 10.8. The number of anilines is 1. The van der Waals surface area contributed by atoms with Crippen LogP contribution in [0, 0.1) is 3.57 Å². The van der Waals surface area contributed by atoms with Gasteiger partial charge in [-0.25, -0.2) is 0 Å². The molecule has 0 bridgehead atoms. The van der Waals surface area contributed by atoms with Crippen LogP contribution in [0.5, 0.6) is 0 Å². The normalized spacial score (nSPS) is 10.7. The quantitative estimate of drug-likeness (QED) is 0.353. The van der Waals surface area contributed by atoms with Gasteiger partial charge in [-0.05, 0) is 47.2 Å². The molecule has 0 atom stereocenters. The Morgan fingerprint density at radius 3 is 2.26 bits per heavy atom. The molecule has 0 aliphatic carbocycles. The van der Waals surface area contributed by atoms with E-state index in [2.05, 4.69) is 40.9 Å². The average molecular weight is 394 g/mol. The van der Waals surface area contributed by atoms with Gasteiger partial charge in [0.05, 0.1) is 0 Å². The Labute approximate surface area is 136 Å². The van der Waals surface area contributed by atoms with E-state index in [1.165, 1.54) is 60.6 Å². The largest absolute Gasteiger partial charge is 0.384 e. The van der Waals surface area contributed by atoms with Gasteiger partial charge in [-0.15, -0.1) is 0 Å². The zero-order chi connectivity index (χ0) is 13.9. The van der Waals surface area contributed by atoms with Gasteiger partial charge in [-0.1, -0.05) is 63.5 Å². The van der Waals surface area contributed by atoms with E-state index in [1.807, 2.05) is 12.1 Å². The Bertz CT molecular complexity index is 355. The van der Waals surface area contributed by atoms with Gasteiger partial charge < -0.3 is 5.32 Å². The Morgan fingerprint density at radius 1 is 1.00 bits per heavy atom. The van der Waals surface area contributed by atoms with Crippen molar-refractivity contribution < 1.29 is 0 Å². The average Bonchev–Trinajstić information content (AvgIpc) is 2.39. The van der Waals surface area contributed by atoms with Crippen molar-refractivity contribution in [1.82, 2.24) is 0 Å². The van der Waals surface area contributed by atoms with Crippen molar-refractivity contribution >= 4 is 39.9 Å². The maximum atomic E-state index is 5.94. The van der Waals surface area contributed by atoms with Crippen LogP contribution in [0.15, 0.2) is 18.2 Å². The summed E-state index contributed by atoms with van der Waals surface area (Å²) in [4.78, 5) is 0. The van der Waals surface area contributed by atoms with E-state index in [-0.39, 0.29) is 0 Å². The van der Waals surface area contributed by atoms with E-state index >= 15 is 0 Å². The van der Waals surface area contributed by atoms with E-state index < -0.39 is 0 Å². The third-order valence-corrected chi connectivity index (χ3v) is 4.40. The van der Waals surface area contributed by atoms with Crippen molar-refractivity contribution in [2.24, 2.45) is 0 Å². The van der Waals surface area contributed by atoms with E-state index in [0.29, 0.717) is 0 Å². The molecule has 0 unspecified atom stereocenters. The van der Waals surface area contributed by atoms with Crippen LogP contribution in [-0.2, 0) is 0 Å². The Hall–Kier alpha value is 0.0400. The van der Waals surface area contributed by atoms with Crippen LogP contribution in [-0.4, -0.2) is 6.54 Å². The predicted molar refractivity (Wildman–Crippen MR) is 95.3 cm³/mol. The second-order valence-electron chi connectivity index (χ2n) is 5.03. The number of benzene rings is 1. The minimum atomic E-state index is 0.807. The standard InChI is InChI=1S/C16H25ClIN/c1-2-3-4-5-6-7-8-9-12-19-16-11-10-14(17)13-15(16)18/h10-11,13,19H,2-9,12H2,1H3. The summed E-state index contributed by atoms with van der Waals surface area (Å²) >= 11 is 8.27. The van der Waals surface area contributed by atoms with Gasteiger partial charge in [0.1, 0.15) is 0 Å². The molecule has 0 saturated heterocycles. The molecule has 0 fully saturated rings. The molecule has 19 heavy (non-hydrogen) atoms. The number of rotatable bonds is 10. The molecular weight excluding hydrogens is 369 g/mol. The lowest BCUT2D eigenvalue weighted by Gasteiger charge is -2.08. The van der Waals surface area contributed by atoms with Gasteiger partial charge >= 0.3 is 0 Å². The van der Waals surface area contributed by atoms with Crippen LogP contribution in [0.25, 0.3) is 0 Å². The molecule has 0 spiro atoms. The maximum Gasteiger partial charge on any atom is 0.0476 e. The van der Waals surface area contributed by atoms with Crippen molar-refractivity contribution in [2.45, 2.75) is 58.3 Å². The van der Waals surface area contributed by atoms with Crippen LogP contribution in [0.2, 0.25) is 5.02 Å². The predicted octanol–water partition coefficient (Wildman–Crippen LogP) is 6.50. The van der Waals surface area contributed by atoms with Gasteiger partial charge in [-0.2, -0.15) is 0 Å². The number of unbranched alkanes of at least 4 members (excludes halogenated alkanes) is 7. The summed E-state index contributed by atoms with van der Waals surface area (Å²) in [6, 6.07) is 6.01. The van der Waals surface area contributed by atoms with Crippen molar-refractivity contribution in [3.05, 3.63) is 26.8 Å². The van der Waals surface area contributed by atoms with Gasteiger partial charge in [0.15, 0.2) is 0 Å². The Morgan fingerprint density at radius 2 is 1.63 bits per heavy atom. The zero-order valence-electron chi connectivity index (χ0n) is 11.9. The molecule has 0 aromatic heterocycles. The molecule has 0 aliphatic rings. The summed E-state index contributed by atoms with van der Waals surface area (Å²) in [5, 5.41) is 4.29. The van der Waals surface area contributed by atoms with Gasteiger partial charge in [-0.3, -0.25) is 0 Å². The van der Waals surface area contributed by atoms with Gasteiger partial charge in [0.25, 0.3) is 0 Å². The molecule has 1 rings (SSSR count). The fourth-order valence-electron chi connectivity index (χ4n) is 2.11. The number of hydrogen-bond donors (Lipinski definition) is 1. The lowest BCUT2D eigenvalue weighted by Crippen LogP contribution is -2.02. The zero-order valence-corrected chi connectivity index (χ0v) is 14.8. The minimum Gasteiger partial charge on any atom is -0.384 e. The first-order valence-electron chi connectivity index (χ1n) is 7.43. The van der Waals surface area contributed by atoms with Crippen molar-refractivity contribution in [3.63, 3.8) is 0 Å². The monoisotopic (exact) mass is 393 g/mol. The lowest BCUT2D eigenvalue weighted by atomic mass is 10.1. The molecule has 1 aromatic carbocycles. The summed E-state index contributed by atoms with van der Waals surface area (Å²) in [5.41, 5.74) is 1.20. The van der Waals surface area contributed by atoms with Gasteiger partial charge in [0, 0.05) is 20.8 Å². The van der Waals surface area contributed by atoms with Crippen molar-refractivity contribution in [2.75, 3.05) is 11.9 Å². The fourth-order valence-corrected chi connectivity index (χ4v) is 3.18. The highest BCUT2D eigenvalue weighted by atomic mass is 127. The highest BCUT2D eigenvalue weighted by molar-refractivity contribution is 14.1. The first-order valence-corrected chi connectivity index (χ1v) is 8.88. The highest BCUT2D eigenvalue weighted by Gasteiger charge is 1.99. The fraction of sp³-hybridized carbons (Fsp3) is 0.625. The molecule has 108 valence electrons. The lowest BCUT2D eigenvalue weighted by molar-refractivity contribution is 0.581. The molecule has 0 heterocycles. The third kappa shape index (κ3) is 8.03. The SMILES string of the molecule is CCCCCCCCCCNc1ccc(Cl)cc1I. The smallest absolute Gasteiger partial charge is 0.0476 e. The first-order chi connectivity index (χ1) is 9.24. The van der Waals surface area contributed by atoms with E-state index in [0.717, 1.165) is 11.6 Å². The molecule has 0 saturated carbocycles. The maximum absolute atomic E-state index is 5.94. The van der Waals surface area contributed by atoms with Crippen molar-refractivity contribution in [3.8, 4) is 0 Å². The summed E-state index contributed by atoms with van der Waals surface area (Å²) in [7, 11) is 0. The van der Waals surface area contributed by atoms with Crippen LogP contribution >= 0.6 is 34.2 Å². The Balaban J connectivity index is 2.01. The van der Waals surface area contributed by atoms with Crippen LogP contribution in [0.3, 0.4) is 0 Å². The number of nitrogens with one attached hydrogen (secondary N) is 1. The Kier molecular flexibility index (Phi) is 9.70. The topological polar surface area (TPSA) is 12.0 Å². The number of hydrogen-bond acceptors (Lipinski definition) is 1. The molecule has 1 nitrogen and oxygen atoms in total. The summed E-state index contributed by atoms with van der Waals surface area (Å²) in [6.07, 6.45) is 10.9. The highest BCUT2D eigenvalue weighted by Crippen LogP contribution is 2.22. The molecule has 1 aromatic rings. The molecule has 0 amide bonds. The van der Waals surface area contributed by atoms with E-state index in [1.54, 1.807) is 0 Å². The van der Waals surface area contributed by atoms with Crippen LogP contribution in [0.4, 0.5) is 5.69 Å². The van der Waals surface area contributed by atoms with Crippen molar-refractivity contribution in [1.29, 1.82) is 0 Å².